The molecule has 6 nitrogen and oxygen atoms in total. The second-order valence-corrected chi connectivity index (χ2v) is 10.1. The SMILES string of the molecule is C[C@H](NS(=O)(=O)c1ccccc1F)C(=O)NCC1CCCN(Cc2cccs2)C1. The zero-order valence-electron chi connectivity index (χ0n) is 16.3. The zero-order valence-corrected chi connectivity index (χ0v) is 17.9. The Morgan fingerprint density at radius 2 is 2.10 bits per heavy atom. The van der Waals surface area contributed by atoms with Crippen molar-refractivity contribution in [2.75, 3.05) is 19.6 Å². The number of sulfonamides is 1. The summed E-state index contributed by atoms with van der Waals surface area (Å²) in [6.07, 6.45) is 2.10. The van der Waals surface area contributed by atoms with Gasteiger partial charge in [-0.15, -0.1) is 11.3 Å². The van der Waals surface area contributed by atoms with Gasteiger partial charge in [-0.3, -0.25) is 9.69 Å². The van der Waals surface area contributed by atoms with Crippen LogP contribution in [0.15, 0.2) is 46.7 Å². The van der Waals surface area contributed by atoms with E-state index in [-0.39, 0.29) is 0 Å². The second kappa shape index (κ2) is 9.80. The molecule has 0 aliphatic carbocycles. The molecule has 1 amide bonds. The number of rotatable bonds is 8. The highest BCUT2D eigenvalue weighted by atomic mass is 32.2. The van der Waals surface area contributed by atoms with Gasteiger partial charge in [0.2, 0.25) is 15.9 Å². The first-order valence-electron chi connectivity index (χ1n) is 9.64. The standard InChI is InChI=1S/C20H26FN3O3S2/c1-15(23-29(26,27)19-9-3-2-8-18(19)21)20(25)22-12-16-6-4-10-24(13-16)14-17-7-5-11-28-17/h2-3,5,7-9,11,15-16,23H,4,6,10,12-14H2,1H3,(H,22,25)/t15-,16?/m0/s1. The van der Waals surface area contributed by atoms with Crippen molar-refractivity contribution in [3.05, 3.63) is 52.5 Å². The Labute approximate surface area is 175 Å². The maximum atomic E-state index is 13.8. The molecular formula is C20H26FN3O3S2. The number of amides is 1. The fourth-order valence-corrected chi connectivity index (χ4v) is 5.52. The van der Waals surface area contributed by atoms with Crippen molar-refractivity contribution in [2.45, 2.75) is 37.2 Å². The number of carbonyl (C=O) groups is 1. The second-order valence-electron chi connectivity index (χ2n) is 7.34. The fraction of sp³-hybridized carbons (Fsp3) is 0.450. The predicted molar refractivity (Wildman–Crippen MR) is 112 cm³/mol. The van der Waals surface area contributed by atoms with Gasteiger partial charge in [-0.1, -0.05) is 18.2 Å². The minimum atomic E-state index is -4.11. The van der Waals surface area contributed by atoms with Crippen LogP contribution in [-0.2, 0) is 21.4 Å². The van der Waals surface area contributed by atoms with Crippen LogP contribution in [-0.4, -0.2) is 44.9 Å². The van der Waals surface area contributed by atoms with E-state index in [9.17, 15) is 17.6 Å². The van der Waals surface area contributed by atoms with Crippen LogP contribution in [0.5, 0.6) is 0 Å². The van der Waals surface area contributed by atoms with E-state index >= 15 is 0 Å². The van der Waals surface area contributed by atoms with Crippen molar-refractivity contribution in [2.24, 2.45) is 5.92 Å². The van der Waals surface area contributed by atoms with Gasteiger partial charge < -0.3 is 5.32 Å². The molecule has 2 atom stereocenters. The summed E-state index contributed by atoms with van der Waals surface area (Å²) in [5, 5.41) is 4.91. The highest BCUT2D eigenvalue weighted by Gasteiger charge is 2.26. The predicted octanol–water partition coefficient (Wildman–Crippen LogP) is 2.58. The number of thiophene rings is 1. The quantitative estimate of drug-likeness (QED) is 0.663. The molecule has 0 saturated carbocycles. The molecule has 1 fully saturated rings. The van der Waals surface area contributed by atoms with Crippen molar-refractivity contribution in [3.63, 3.8) is 0 Å². The minimum Gasteiger partial charge on any atom is -0.354 e. The number of halogens is 1. The molecule has 1 aliphatic heterocycles. The summed E-state index contributed by atoms with van der Waals surface area (Å²) in [7, 11) is -4.11. The van der Waals surface area contributed by atoms with E-state index in [1.54, 1.807) is 11.3 Å². The van der Waals surface area contributed by atoms with Gasteiger partial charge in [-0.25, -0.2) is 12.8 Å². The number of benzene rings is 1. The summed E-state index contributed by atoms with van der Waals surface area (Å²) < 4.78 is 40.7. The number of piperidine rings is 1. The van der Waals surface area contributed by atoms with Crippen molar-refractivity contribution >= 4 is 27.3 Å². The minimum absolute atomic E-state index is 0.322. The highest BCUT2D eigenvalue weighted by Crippen LogP contribution is 2.20. The molecular weight excluding hydrogens is 413 g/mol. The van der Waals surface area contributed by atoms with E-state index < -0.39 is 32.7 Å². The Morgan fingerprint density at radius 3 is 2.83 bits per heavy atom. The van der Waals surface area contributed by atoms with Crippen LogP contribution >= 0.6 is 11.3 Å². The summed E-state index contributed by atoms with van der Waals surface area (Å²) >= 11 is 1.74. The van der Waals surface area contributed by atoms with Crippen LogP contribution in [0.2, 0.25) is 0 Å². The molecule has 2 N–H and O–H groups in total. The lowest BCUT2D eigenvalue weighted by molar-refractivity contribution is -0.122. The largest absolute Gasteiger partial charge is 0.354 e. The molecule has 0 spiro atoms. The highest BCUT2D eigenvalue weighted by molar-refractivity contribution is 7.89. The lowest BCUT2D eigenvalue weighted by Gasteiger charge is -2.32. The van der Waals surface area contributed by atoms with Crippen molar-refractivity contribution in [1.82, 2.24) is 14.9 Å². The third-order valence-corrected chi connectivity index (χ3v) is 7.41. The third-order valence-electron chi connectivity index (χ3n) is 4.98. The molecule has 158 valence electrons. The van der Waals surface area contributed by atoms with Crippen molar-refractivity contribution in [3.8, 4) is 0 Å². The first-order chi connectivity index (χ1) is 13.8. The van der Waals surface area contributed by atoms with Crippen LogP contribution in [0, 0.1) is 11.7 Å². The Hall–Kier alpha value is -1.81. The molecule has 9 heteroatoms. The number of carbonyl (C=O) groups excluding carboxylic acids is 1. The van der Waals surface area contributed by atoms with Crippen molar-refractivity contribution in [1.29, 1.82) is 0 Å². The summed E-state index contributed by atoms with van der Waals surface area (Å²) in [5.41, 5.74) is 0. The Kier molecular flexibility index (Phi) is 7.39. The average Bonchev–Trinajstić information content (AvgIpc) is 3.19. The molecule has 1 aliphatic rings. The monoisotopic (exact) mass is 439 g/mol. The summed E-state index contributed by atoms with van der Waals surface area (Å²) in [6, 6.07) is 8.27. The first-order valence-corrected chi connectivity index (χ1v) is 12.0. The van der Waals surface area contributed by atoms with Gasteiger partial charge in [0, 0.05) is 24.5 Å². The molecule has 3 rings (SSSR count). The molecule has 2 aromatic rings. The van der Waals surface area contributed by atoms with Gasteiger partial charge in [0.25, 0.3) is 0 Å². The van der Waals surface area contributed by atoms with E-state index in [0.29, 0.717) is 12.5 Å². The molecule has 0 bridgehead atoms. The summed E-state index contributed by atoms with van der Waals surface area (Å²) in [4.78, 5) is 15.6. The van der Waals surface area contributed by atoms with E-state index in [4.69, 9.17) is 0 Å². The fourth-order valence-electron chi connectivity index (χ4n) is 3.49. The maximum absolute atomic E-state index is 13.8. The number of hydrogen-bond donors (Lipinski definition) is 2. The van der Waals surface area contributed by atoms with Gasteiger partial charge in [-0.2, -0.15) is 4.72 Å². The number of hydrogen-bond acceptors (Lipinski definition) is 5. The molecule has 1 unspecified atom stereocenters. The number of nitrogens with zero attached hydrogens (tertiary/aromatic N) is 1. The van der Waals surface area contributed by atoms with Gasteiger partial charge in [0.1, 0.15) is 10.7 Å². The molecule has 1 aromatic carbocycles. The number of nitrogens with one attached hydrogen (secondary N) is 2. The third kappa shape index (κ3) is 6.08. The van der Waals surface area contributed by atoms with Crippen LogP contribution in [0.3, 0.4) is 0 Å². The van der Waals surface area contributed by atoms with E-state index in [2.05, 4.69) is 26.4 Å². The van der Waals surface area contributed by atoms with Crippen LogP contribution in [0.1, 0.15) is 24.6 Å². The number of likely N-dealkylation sites (tertiary alicyclic amines) is 1. The maximum Gasteiger partial charge on any atom is 0.244 e. The van der Waals surface area contributed by atoms with Crippen molar-refractivity contribution < 1.29 is 17.6 Å². The van der Waals surface area contributed by atoms with Gasteiger partial charge in [0.15, 0.2) is 0 Å². The molecule has 2 heterocycles. The molecule has 1 aromatic heterocycles. The molecule has 1 saturated heterocycles. The van der Waals surface area contributed by atoms with Crippen LogP contribution in [0.4, 0.5) is 4.39 Å². The van der Waals surface area contributed by atoms with Gasteiger partial charge >= 0.3 is 0 Å². The molecule has 0 radical (unpaired) electrons. The van der Waals surface area contributed by atoms with Gasteiger partial charge in [-0.05, 0) is 55.8 Å². The Morgan fingerprint density at radius 1 is 1.31 bits per heavy atom. The van der Waals surface area contributed by atoms with Gasteiger partial charge in [0.05, 0.1) is 6.04 Å². The summed E-state index contributed by atoms with van der Waals surface area (Å²) in [6.45, 7) is 4.80. The van der Waals surface area contributed by atoms with E-state index in [1.165, 1.54) is 30.0 Å². The Balaban J connectivity index is 1.49. The smallest absolute Gasteiger partial charge is 0.244 e. The van der Waals surface area contributed by atoms with E-state index in [1.807, 2.05) is 6.07 Å². The lowest BCUT2D eigenvalue weighted by atomic mass is 9.98. The van der Waals surface area contributed by atoms with Crippen LogP contribution < -0.4 is 10.0 Å². The molecule has 29 heavy (non-hydrogen) atoms. The van der Waals surface area contributed by atoms with Crippen LogP contribution in [0.25, 0.3) is 0 Å². The lowest BCUT2D eigenvalue weighted by Crippen LogP contribution is -2.47. The normalized spacial score (nSPS) is 19.0. The topological polar surface area (TPSA) is 78.5 Å². The Bertz CT molecular complexity index is 919. The first kappa shape index (κ1) is 21.9. The average molecular weight is 440 g/mol. The summed E-state index contributed by atoms with van der Waals surface area (Å²) in [5.74, 6) is -0.941. The zero-order chi connectivity index (χ0) is 20.9. The van der Waals surface area contributed by atoms with E-state index in [0.717, 1.165) is 38.5 Å².